The number of urea groups is 1. The lowest BCUT2D eigenvalue weighted by Crippen LogP contribution is -2.07. The Bertz CT molecular complexity index is 370. The van der Waals surface area contributed by atoms with Gasteiger partial charge in [-0.1, -0.05) is 41.7 Å². The summed E-state index contributed by atoms with van der Waals surface area (Å²) in [6, 6.07) is 9.05. The maximum Gasteiger partial charge on any atom is 0.346 e. The molecule has 15 heavy (non-hydrogen) atoms. The number of thioether (sulfide) groups is 2. The largest absolute Gasteiger partial charge is 0.346 e. The van der Waals surface area contributed by atoms with E-state index in [2.05, 4.69) is 10.3 Å². The van der Waals surface area contributed by atoms with E-state index in [0.29, 0.717) is 0 Å². The van der Waals surface area contributed by atoms with Gasteiger partial charge in [-0.3, -0.25) is 0 Å². The quantitative estimate of drug-likeness (QED) is 0.817. The molecule has 3 nitrogen and oxygen atoms in total. The van der Waals surface area contributed by atoms with Gasteiger partial charge in [0.05, 0.1) is 0 Å². The lowest BCUT2D eigenvalue weighted by Gasteiger charge is -2.00. The average Bonchev–Trinajstić information content (AvgIpc) is 2.71. The van der Waals surface area contributed by atoms with Crippen molar-refractivity contribution >= 4 is 39.6 Å². The van der Waals surface area contributed by atoms with Crippen LogP contribution in [0.1, 0.15) is 0 Å². The second-order valence-corrected chi connectivity index (χ2v) is 5.30. The fourth-order valence-electron chi connectivity index (χ4n) is 1.12. The van der Waals surface area contributed by atoms with Crippen LogP contribution in [0, 0.1) is 0 Å². The van der Waals surface area contributed by atoms with Crippen LogP contribution in [0.15, 0.2) is 35.3 Å². The van der Waals surface area contributed by atoms with Crippen LogP contribution in [-0.4, -0.2) is 21.9 Å². The molecule has 1 saturated heterocycles. The van der Waals surface area contributed by atoms with Gasteiger partial charge in [0.15, 0.2) is 0 Å². The molecular formula is C10H10N2OS2. The molecule has 1 aliphatic heterocycles. The third-order valence-electron chi connectivity index (χ3n) is 1.75. The van der Waals surface area contributed by atoms with Gasteiger partial charge in [0.2, 0.25) is 0 Å². The molecule has 0 atom stereocenters. The number of carbonyl (C=O) groups is 1. The Morgan fingerprint density at radius 3 is 2.53 bits per heavy atom. The van der Waals surface area contributed by atoms with Gasteiger partial charge < -0.3 is 5.32 Å². The van der Waals surface area contributed by atoms with Crippen LogP contribution in [0.5, 0.6) is 0 Å². The molecule has 1 aliphatic rings. The Labute approximate surface area is 96.7 Å². The topological polar surface area (TPSA) is 41.5 Å². The second kappa shape index (κ2) is 5.23. The van der Waals surface area contributed by atoms with E-state index in [0.717, 1.165) is 21.6 Å². The molecule has 1 N–H and O–H groups in total. The zero-order valence-electron chi connectivity index (χ0n) is 7.97. The molecule has 0 saturated carbocycles. The Kier molecular flexibility index (Phi) is 3.69. The van der Waals surface area contributed by atoms with Crippen LogP contribution >= 0.6 is 23.5 Å². The molecule has 0 spiro atoms. The lowest BCUT2D eigenvalue weighted by atomic mass is 10.3. The maximum atomic E-state index is 11.4. The number of carbonyl (C=O) groups excluding carboxylic acids is 1. The molecule has 5 heteroatoms. The normalized spacial score (nSPS) is 15.1. The molecule has 1 heterocycles. The van der Waals surface area contributed by atoms with Crippen LogP contribution in [0.3, 0.4) is 0 Å². The fraction of sp³-hybridized carbons (Fsp3) is 0.200. The second-order valence-electron chi connectivity index (χ2n) is 2.87. The number of rotatable bonds is 1. The number of nitrogens with zero attached hydrogens (tertiary/aromatic N) is 1. The molecule has 0 aromatic heterocycles. The highest BCUT2D eigenvalue weighted by Crippen LogP contribution is 2.26. The molecule has 1 aromatic rings. The molecule has 0 unspecified atom stereocenters. The Hall–Kier alpha value is -0.940. The zero-order chi connectivity index (χ0) is 10.5. The first-order valence-corrected chi connectivity index (χ1v) is 6.52. The molecule has 2 amide bonds. The number of hydrogen-bond acceptors (Lipinski definition) is 3. The Morgan fingerprint density at radius 2 is 1.87 bits per heavy atom. The van der Waals surface area contributed by atoms with E-state index in [-0.39, 0.29) is 6.03 Å². The van der Waals surface area contributed by atoms with Crippen LogP contribution in [-0.2, 0) is 0 Å². The highest BCUT2D eigenvalue weighted by molar-refractivity contribution is 8.41. The summed E-state index contributed by atoms with van der Waals surface area (Å²) in [7, 11) is 0. The number of anilines is 1. The van der Waals surface area contributed by atoms with Gasteiger partial charge in [0.25, 0.3) is 0 Å². The highest BCUT2D eigenvalue weighted by Gasteiger charge is 2.11. The van der Waals surface area contributed by atoms with Crippen LogP contribution in [0.4, 0.5) is 10.5 Å². The zero-order valence-corrected chi connectivity index (χ0v) is 9.61. The van der Waals surface area contributed by atoms with Crippen molar-refractivity contribution in [3.63, 3.8) is 0 Å². The predicted octanol–water partition coefficient (Wildman–Crippen LogP) is 3.05. The van der Waals surface area contributed by atoms with Crippen molar-refractivity contribution in [1.29, 1.82) is 0 Å². The first kappa shape index (κ1) is 10.6. The summed E-state index contributed by atoms with van der Waals surface area (Å²) >= 11 is 3.27. The van der Waals surface area contributed by atoms with E-state index < -0.39 is 0 Å². The van der Waals surface area contributed by atoms with Crippen molar-refractivity contribution in [2.24, 2.45) is 4.99 Å². The third-order valence-corrected chi connectivity index (χ3v) is 4.21. The Balaban J connectivity index is 1.95. The number of hydrogen-bond donors (Lipinski definition) is 1. The van der Waals surface area contributed by atoms with E-state index in [1.54, 1.807) is 23.5 Å². The van der Waals surface area contributed by atoms with Gasteiger partial charge in [-0.15, -0.1) is 0 Å². The summed E-state index contributed by atoms with van der Waals surface area (Å²) in [4.78, 5) is 15.4. The van der Waals surface area contributed by atoms with Gasteiger partial charge in [0, 0.05) is 17.2 Å². The minimum Gasteiger partial charge on any atom is -0.306 e. The van der Waals surface area contributed by atoms with Crippen molar-refractivity contribution in [2.75, 3.05) is 16.8 Å². The molecular weight excluding hydrogens is 228 g/mol. The first-order chi connectivity index (χ1) is 7.34. The monoisotopic (exact) mass is 238 g/mol. The van der Waals surface area contributed by atoms with E-state index in [1.807, 2.05) is 30.3 Å². The SMILES string of the molecule is O=C(N=C1SCCS1)Nc1ccccc1. The van der Waals surface area contributed by atoms with Gasteiger partial charge in [-0.05, 0) is 12.1 Å². The number of para-hydroxylation sites is 1. The van der Waals surface area contributed by atoms with Gasteiger partial charge >= 0.3 is 6.03 Å². The standard InChI is InChI=1S/C10H10N2OS2/c13-9(12-10-14-6-7-15-10)11-8-4-2-1-3-5-8/h1-5H,6-7H2,(H,11,13). The molecule has 1 aromatic carbocycles. The van der Waals surface area contributed by atoms with Crippen molar-refractivity contribution < 1.29 is 4.79 Å². The van der Waals surface area contributed by atoms with Gasteiger partial charge in [0.1, 0.15) is 4.38 Å². The minimum atomic E-state index is -0.293. The maximum absolute atomic E-state index is 11.4. The van der Waals surface area contributed by atoms with Gasteiger partial charge in [-0.2, -0.15) is 4.99 Å². The number of amides is 2. The van der Waals surface area contributed by atoms with Crippen molar-refractivity contribution in [3.05, 3.63) is 30.3 Å². The summed E-state index contributed by atoms with van der Waals surface area (Å²) in [5.74, 6) is 2.09. The Morgan fingerprint density at radius 1 is 1.20 bits per heavy atom. The van der Waals surface area contributed by atoms with Crippen LogP contribution in [0.25, 0.3) is 0 Å². The lowest BCUT2D eigenvalue weighted by molar-refractivity contribution is 0.259. The molecule has 78 valence electrons. The van der Waals surface area contributed by atoms with E-state index >= 15 is 0 Å². The smallest absolute Gasteiger partial charge is 0.306 e. The summed E-state index contributed by atoms with van der Waals surface area (Å²) in [5.41, 5.74) is 0.778. The molecule has 1 fully saturated rings. The average molecular weight is 238 g/mol. The highest BCUT2D eigenvalue weighted by atomic mass is 32.2. The number of aliphatic imine (C=N–C) groups is 1. The van der Waals surface area contributed by atoms with Crippen molar-refractivity contribution in [1.82, 2.24) is 0 Å². The van der Waals surface area contributed by atoms with Gasteiger partial charge in [-0.25, -0.2) is 4.79 Å². The molecule has 0 radical (unpaired) electrons. The van der Waals surface area contributed by atoms with E-state index in [1.165, 1.54) is 0 Å². The minimum absolute atomic E-state index is 0.293. The number of nitrogens with one attached hydrogen (secondary N) is 1. The van der Waals surface area contributed by atoms with E-state index in [9.17, 15) is 4.79 Å². The summed E-state index contributed by atoms with van der Waals surface area (Å²) < 4.78 is 0.864. The fourth-order valence-corrected chi connectivity index (χ4v) is 3.26. The van der Waals surface area contributed by atoms with Crippen LogP contribution < -0.4 is 5.32 Å². The summed E-state index contributed by atoms with van der Waals surface area (Å²) in [5, 5.41) is 2.72. The molecule has 0 aliphatic carbocycles. The van der Waals surface area contributed by atoms with Crippen molar-refractivity contribution in [2.45, 2.75) is 0 Å². The first-order valence-electron chi connectivity index (χ1n) is 4.55. The third kappa shape index (κ3) is 3.28. The predicted molar refractivity (Wildman–Crippen MR) is 67.8 cm³/mol. The molecule has 0 bridgehead atoms. The summed E-state index contributed by atoms with van der Waals surface area (Å²) in [6.07, 6.45) is 0. The molecule has 2 rings (SSSR count). The summed E-state index contributed by atoms with van der Waals surface area (Å²) in [6.45, 7) is 0. The number of benzene rings is 1. The van der Waals surface area contributed by atoms with Crippen LogP contribution in [0.2, 0.25) is 0 Å². The van der Waals surface area contributed by atoms with Crippen molar-refractivity contribution in [3.8, 4) is 0 Å². The van der Waals surface area contributed by atoms with E-state index in [4.69, 9.17) is 0 Å².